The largest absolute Gasteiger partial charge is 0.322 e. The van der Waals surface area contributed by atoms with Crippen LogP contribution in [-0.4, -0.2) is 27.5 Å². The molecule has 0 N–H and O–H groups in total. The monoisotopic (exact) mass is 318 g/mol. The third-order valence-electron chi connectivity index (χ3n) is 5.36. The van der Waals surface area contributed by atoms with Crippen LogP contribution in [0.3, 0.4) is 0 Å². The maximum Gasteiger partial charge on any atom is 0.275 e. The van der Waals surface area contributed by atoms with E-state index < -0.39 is 0 Å². The molecule has 5 nitrogen and oxygen atoms in total. The first kappa shape index (κ1) is 14.1. The van der Waals surface area contributed by atoms with Gasteiger partial charge in [0.1, 0.15) is 5.37 Å². The van der Waals surface area contributed by atoms with E-state index in [-0.39, 0.29) is 27.9 Å². The molecule has 1 aliphatic heterocycles. The quantitative estimate of drug-likeness (QED) is 0.633. The lowest BCUT2D eigenvalue weighted by molar-refractivity contribution is -0.385. The summed E-state index contributed by atoms with van der Waals surface area (Å²) in [5.41, 5.74) is 0.800. The van der Waals surface area contributed by atoms with Gasteiger partial charge in [0.05, 0.1) is 16.2 Å². The molecule has 1 aromatic rings. The van der Waals surface area contributed by atoms with Crippen molar-refractivity contribution in [2.45, 2.75) is 37.1 Å². The van der Waals surface area contributed by atoms with Gasteiger partial charge in [-0.3, -0.25) is 14.9 Å². The van der Waals surface area contributed by atoms with Crippen molar-refractivity contribution in [1.82, 2.24) is 4.90 Å². The van der Waals surface area contributed by atoms with Crippen LogP contribution in [0.4, 0.5) is 5.69 Å². The van der Waals surface area contributed by atoms with E-state index >= 15 is 0 Å². The molecule has 116 valence electrons. The summed E-state index contributed by atoms with van der Waals surface area (Å²) in [6, 6.07) is 7.13. The van der Waals surface area contributed by atoms with Gasteiger partial charge in [-0.25, -0.2) is 0 Å². The SMILES string of the molecule is O=C1CS[C@H](c2ccccc2[N+](=O)[O-])N1[C@@H]1C[C@H]2CC[C@H]1C2. The molecule has 0 spiro atoms. The molecule has 1 saturated heterocycles. The van der Waals surface area contributed by atoms with Gasteiger partial charge in [-0.1, -0.05) is 18.6 Å². The Labute approximate surface area is 133 Å². The third kappa shape index (κ3) is 2.12. The Kier molecular flexibility index (Phi) is 3.36. The number of hydrogen-bond donors (Lipinski definition) is 0. The van der Waals surface area contributed by atoms with Crippen molar-refractivity contribution >= 4 is 23.4 Å². The highest BCUT2D eigenvalue weighted by molar-refractivity contribution is 8.00. The number of benzene rings is 1. The lowest BCUT2D eigenvalue weighted by Gasteiger charge is -2.35. The first-order chi connectivity index (χ1) is 10.6. The predicted octanol–water partition coefficient (Wildman–Crippen LogP) is 3.36. The number of amides is 1. The summed E-state index contributed by atoms with van der Waals surface area (Å²) in [6.07, 6.45) is 4.79. The van der Waals surface area contributed by atoms with Gasteiger partial charge in [-0.05, 0) is 37.2 Å². The van der Waals surface area contributed by atoms with Gasteiger partial charge in [0.25, 0.3) is 5.69 Å². The van der Waals surface area contributed by atoms with E-state index in [9.17, 15) is 14.9 Å². The molecule has 0 aromatic heterocycles. The van der Waals surface area contributed by atoms with Gasteiger partial charge >= 0.3 is 0 Å². The van der Waals surface area contributed by atoms with Crippen LogP contribution < -0.4 is 0 Å². The molecule has 0 radical (unpaired) electrons. The zero-order chi connectivity index (χ0) is 15.3. The predicted molar refractivity (Wildman–Crippen MR) is 84.4 cm³/mol. The van der Waals surface area contributed by atoms with E-state index in [1.54, 1.807) is 12.1 Å². The zero-order valence-electron chi connectivity index (χ0n) is 12.2. The second-order valence-electron chi connectivity index (χ2n) is 6.52. The highest BCUT2D eigenvalue weighted by Crippen LogP contribution is 2.52. The topological polar surface area (TPSA) is 63.4 Å². The standard InChI is InChI=1S/C16H18N2O3S/c19-15-9-22-16(12-3-1-2-4-13(12)18(20)21)17(15)14-8-10-5-6-11(14)7-10/h1-4,10-11,14,16H,5-9H2/t10-,11-,14+,16+/m0/s1. The minimum Gasteiger partial charge on any atom is -0.322 e. The maximum atomic E-state index is 12.4. The van der Waals surface area contributed by atoms with E-state index in [0.717, 1.165) is 12.3 Å². The Morgan fingerprint density at radius 1 is 1.23 bits per heavy atom. The number of thioether (sulfide) groups is 1. The molecule has 3 aliphatic rings. The van der Waals surface area contributed by atoms with E-state index in [2.05, 4.69) is 0 Å². The summed E-state index contributed by atoms with van der Waals surface area (Å²) < 4.78 is 0. The Morgan fingerprint density at radius 2 is 2.05 bits per heavy atom. The van der Waals surface area contributed by atoms with Gasteiger partial charge in [0, 0.05) is 12.1 Å². The van der Waals surface area contributed by atoms with Crippen molar-refractivity contribution in [1.29, 1.82) is 0 Å². The fraction of sp³-hybridized carbons (Fsp3) is 0.562. The summed E-state index contributed by atoms with van der Waals surface area (Å²) in [5.74, 6) is 1.92. The summed E-state index contributed by atoms with van der Waals surface area (Å²) in [6.45, 7) is 0. The van der Waals surface area contributed by atoms with Crippen molar-refractivity contribution < 1.29 is 9.72 Å². The summed E-state index contributed by atoms with van der Waals surface area (Å²) >= 11 is 1.53. The molecule has 1 aromatic carbocycles. The van der Waals surface area contributed by atoms with E-state index in [0.29, 0.717) is 17.2 Å². The fourth-order valence-electron chi connectivity index (χ4n) is 4.45. The normalized spacial score (nSPS) is 33.6. The number of nitrogens with zero attached hydrogens (tertiary/aromatic N) is 2. The second-order valence-corrected chi connectivity index (χ2v) is 7.59. The Hall–Kier alpha value is -1.56. The van der Waals surface area contributed by atoms with Crippen molar-refractivity contribution in [3.05, 3.63) is 39.9 Å². The minimum absolute atomic E-state index is 0.128. The van der Waals surface area contributed by atoms with Crippen molar-refractivity contribution in [3.8, 4) is 0 Å². The van der Waals surface area contributed by atoms with E-state index in [1.807, 2.05) is 11.0 Å². The van der Waals surface area contributed by atoms with Gasteiger partial charge in [-0.15, -0.1) is 11.8 Å². The Morgan fingerprint density at radius 3 is 2.73 bits per heavy atom. The molecular formula is C16H18N2O3S. The molecule has 1 heterocycles. The summed E-state index contributed by atoms with van der Waals surface area (Å²) in [7, 11) is 0. The van der Waals surface area contributed by atoms with Crippen molar-refractivity contribution in [3.63, 3.8) is 0 Å². The van der Waals surface area contributed by atoms with Crippen molar-refractivity contribution in [2.24, 2.45) is 11.8 Å². The number of carbonyl (C=O) groups excluding carboxylic acids is 1. The number of hydrogen-bond acceptors (Lipinski definition) is 4. The molecule has 4 atom stereocenters. The number of nitro groups is 1. The van der Waals surface area contributed by atoms with Crippen LogP contribution in [0.5, 0.6) is 0 Å². The average molecular weight is 318 g/mol. The zero-order valence-corrected chi connectivity index (χ0v) is 13.0. The number of fused-ring (bicyclic) bond motifs is 2. The van der Waals surface area contributed by atoms with Gasteiger partial charge in [0.2, 0.25) is 5.91 Å². The highest BCUT2D eigenvalue weighted by Gasteiger charge is 2.49. The van der Waals surface area contributed by atoms with E-state index in [1.165, 1.54) is 37.1 Å². The summed E-state index contributed by atoms with van der Waals surface area (Å²) in [4.78, 5) is 25.4. The molecule has 2 aliphatic carbocycles. The van der Waals surface area contributed by atoms with Crippen LogP contribution in [0.1, 0.15) is 36.6 Å². The van der Waals surface area contributed by atoms with Gasteiger partial charge < -0.3 is 4.90 Å². The van der Waals surface area contributed by atoms with Crippen LogP contribution >= 0.6 is 11.8 Å². The third-order valence-corrected chi connectivity index (χ3v) is 6.57. The minimum atomic E-state index is -0.336. The van der Waals surface area contributed by atoms with E-state index in [4.69, 9.17) is 0 Å². The second kappa shape index (κ2) is 5.26. The van der Waals surface area contributed by atoms with Crippen LogP contribution in [0.2, 0.25) is 0 Å². The smallest absolute Gasteiger partial charge is 0.275 e. The molecule has 2 saturated carbocycles. The molecule has 22 heavy (non-hydrogen) atoms. The lowest BCUT2D eigenvalue weighted by Crippen LogP contribution is -2.41. The lowest BCUT2D eigenvalue weighted by atomic mass is 9.93. The molecule has 1 amide bonds. The molecule has 4 rings (SSSR count). The molecule has 3 fully saturated rings. The highest BCUT2D eigenvalue weighted by atomic mass is 32.2. The molecular weight excluding hydrogens is 300 g/mol. The average Bonchev–Trinajstić information content (AvgIpc) is 3.21. The van der Waals surface area contributed by atoms with Crippen LogP contribution in [0.25, 0.3) is 0 Å². The van der Waals surface area contributed by atoms with Crippen LogP contribution in [0, 0.1) is 22.0 Å². The molecule has 2 bridgehead atoms. The van der Waals surface area contributed by atoms with Gasteiger partial charge in [0.15, 0.2) is 0 Å². The number of para-hydroxylation sites is 1. The fourth-order valence-corrected chi connectivity index (χ4v) is 5.71. The molecule has 0 unspecified atom stereocenters. The Bertz CT molecular complexity index is 636. The number of nitro benzene ring substituents is 1. The number of rotatable bonds is 3. The van der Waals surface area contributed by atoms with Crippen LogP contribution in [-0.2, 0) is 4.79 Å². The Balaban J connectivity index is 1.69. The first-order valence-corrected chi connectivity index (χ1v) is 8.86. The van der Waals surface area contributed by atoms with Crippen LogP contribution in [0.15, 0.2) is 24.3 Å². The first-order valence-electron chi connectivity index (χ1n) is 7.81. The molecule has 6 heteroatoms. The summed E-state index contributed by atoms with van der Waals surface area (Å²) in [5, 5.41) is 11.1. The van der Waals surface area contributed by atoms with Gasteiger partial charge in [-0.2, -0.15) is 0 Å². The number of carbonyl (C=O) groups is 1. The maximum absolute atomic E-state index is 12.4. The van der Waals surface area contributed by atoms with Crippen molar-refractivity contribution in [2.75, 3.05) is 5.75 Å².